The lowest BCUT2D eigenvalue weighted by atomic mass is 9.83. The molecule has 1 amide bonds. The molecule has 0 aliphatic carbocycles. The monoisotopic (exact) mass is 249 g/mol. The third-order valence-corrected chi connectivity index (χ3v) is 3.97. The topological polar surface area (TPSA) is 46.1 Å². The van der Waals surface area contributed by atoms with Gasteiger partial charge >= 0.3 is 0 Å². The molecule has 100 valence electrons. The van der Waals surface area contributed by atoms with Crippen molar-refractivity contribution in [2.24, 2.45) is 12.5 Å². The smallest absolute Gasteiger partial charge is 0.267 e. The first kappa shape index (κ1) is 13.1. The van der Waals surface area contributed by atoms with Crippen LogP contribution in [0.4, 0.5) is 0 Å². The Morgan fingerprint density at radius 2 is 2.33 bits per heavy atom. The Hall–Kier alpha value is -1.29. The number of hydrogen-bond donors (Lipinski definition) is 2. The van der Waals surface area contributed by atoms with E-state index in [9.17, 15) is 4.79 Å². The van der Waals surface area contributed by atoms with E-state index in [1.807, 2.05) is 30.7 Å². The van der Waals surface area contributed by atoms with Gasteiger partial charge in [-0.15, -0.1) is 0 Å². The van der Waals surface area contributed by atoms with Crippen LogP contribution in [0.5, 0.6) is 0 Å². The maximum atomic E-state index is 12.1. The van der Waals surface area contributed by atoms with Crippen molar-refractivity contribution in [1.29, 1.82) is 0 Å². The molecule has 2 N–H and O–H groups in total. The van der Waals surface area contributed by atoms with Crippen LogP contribution in [0.25, 0.3) is 0 Å². The van der Waals surface area contributed by atoms with Gasteiger partial charge in [-0.1, -0.05) is 6.92 Å². The highest BCUT2D eigenvalue weighted by molar-refractivity contribution is 5.92. The fourth-order valence-corrected chi connectivity index (χ4v) is 2.49. The predicted molar refractivity (Wildman–Crippen MR) is 72.7 cm³/mol. The van der Waals surface area contributed by atoms with Crippen molar-refractivity contribution in [2.75, 3.05) is 19.6 Å². The van der Waals surface area contributed by atoms with Gasteiger partial charge in [-0.2, -0.15) is 0 Å². The van der Waals surface area contributed by atoms with E-state index in [1.54, 1.807) is 0 Å². The second-order valence-electron chi connectivity index (χ2n) is 5.69. The molecular weight excluding hydrogens is 226 g/mol. The molecule has 1 aromatic heterocycles. The van der Waals surface area contributed by atoms with Gasteiger partial charge in [-0.3, -0.25) is 4.79 Å². The van der Waals surface area contributed by atoms with Crippen LogP contribution in [-0.4, -0.2) is 30.1 Å². The summed E-state index contributed by atoms with van der Waals surface area (Å²) >= 11 is 0. The molecule has 18 heavy (non-hydrogen) atoms. The number of amides is 1. The lowest BCUT2D eigenvalue weighted by Crippen LogP contribution is -2.45. The van der Waals surface area contributed by atoms with Crippen molar-refractivity contribution >= 4 is 5.91 Å². The molecule has 1 atom stereocenters. The molecule has 0 bridgehead atoms. The number of aromatic nitrogens is 1. The van der Waals surface area contributed by atoms with E-state index in [-0.39, 0.29) is 11.3 Å². The van der Waals surface area contributed by atoms with E-state index >= 15 is 0 Å². The van der Waals surface area contributed by atoms with Crippen molar-refractivity contribution in [1.82, 2.24) is 15.2 Å². The zero-order valence-corrected chi connectivity index (χ0v) is 11.5. The molecule has 4 heteroatoms. The molecular formula is C14H23N3O. The van der Waals surface area contributed by atoms with Crippen molar-refractivity contribution in [2.45, 2.75) is 26.7 Å². The summed E-state index contributed by atoms with van der Waals surface area (Å²) in [5.41, 5.74) is 2.03. The maximum Gasteiger partial charge on any atom is 0.267 e. The van der Waals surface area contributed by atoms with Crippen molar-refractivity contribution < 1.29 is 4.79 Å². The van der Waals surface area contributed by atoms with Crippen LogP contribution >= 0.6 is 0 Å². The standard InChI is InChI=1S/C14H23N3O/c1-11-5-6-12(17(11)3)13(18)16-10-14(2)7-4-8-15-9-14/h5-6,15H,4,7-10H2,1-3H3,(H,16,18). The molecule has 2 rings (SSSR count). The number of carbonyl (C=O) groups is 1. The fraction of sp³-hybridized carbons (Fsp3) is 0.643. The quantitative estimate of drug-likeness (QED) is 0.852. The first-order chi connectivity index (χ1) is 8.52. The van der Waals surface area contributed by atoms with Gasteiger partial charge < -0.3 is 15.2 Å². The molecule has 0 spiro atoms. The number of nitrogens with one attached hydrogen (secondary N) is 2. The van der Waals surface area contributed by atoms with Crippen LogP contribution in [0.15, 0.2) is 12.1 Å². The van der Waals surface area contributed by atoms with Gasteiger partial charge in [0.05, 0.1) is 0 Å². The molecule has 0 aromatic carbocycles. The van der Waals surface area contributed by atoms with E-state index in [2.05, 4.69) is 17.6 Å². The summed E-state index contributed by atoms with van der Waals surface area (Å²) in [6.07, 6.45) is 2.36. The highest BCUT2D eigenvalue weighted by atomic mass is 16.1. The second kappa shape index (κ2) is 5.14. The lowest BCUT2D eigenvalue weighted by Gasteiger charge is -2.34. The lowest BCUT2D eigenvalue weighted by molar-refractivity contribution is 0.0916. The molecule has 1 aliphatic rings. The summed E-state index contributed by atoms with van der Waals surface area (Å²) in [4.78, 5) is 12.1. The van der Waals surface area contributed by atoms with E-state index in [0.717, 1.165) is 31.0 Å². The summed E-state index contributed by atoms with van der Waals surface area (Å²) in [6, 6.07) is 3.85. The van der Waals surface area contributed by atoms with Crippen molar-refractivity contribution in [3.05, 3.63) is 23.5 Å². The molecule has 1 aromatic rings. The predicted octanol–water partition coefficient (Wildman–Crippen LogP) is 1.45. The van der Waals surface area contributed by atoms with Crippen LogP contribution in [0.1, 0.15) is 35.9 Å². The normalized spacial score (nSPS) is 23.9. The first-order valence-electron chi connectivity index (χ1n) is 6.63. The highest BCUT2D eigenvalue weighted by Gasteiger charge is 2.27. The SMILES string of the molecule is Cc1ccc(C(=O)NCC2(C)CCCNC2)n1C. The molecule has 1 saturated heterocycles. The minimum Gasteiger partial charge on any atom is -0.350 e. The summed E-state index contributed by atoms with van der Waals surface area (Å²) in [6.45, 7) is 7.06. The molecule has 1 fully saturated rings. The summed E-state index contributed by atoms with van der Waals surface area (Å²) in [5, 5.41) is 6.46. The van der Waals surface area contributed by atoms with Gasteiger partial charge in [0.1, 0.15) is 5.69 Å². The second-order valence-corrected chi connectivity index (χ2v) is 5.69. The Morgan fingerprint density at radius 3 is 2.89 bits per heavy atom. The van der Waals surface area contributed by atoms with Crippen LogP contribution in [0.3, 0.4) is 0 Å². The molecule has 2 heterocycles. The number of aryl methyl sites for hydroxylation is 1. The van der Waals surface area contributed by atoms with Crippen LogP contribution < -0.4 is 10.6 Å². The van der Waals surface area contributed by atoms with Gasteiger partial charge in [0.25, 0.3) is 5.91 Å². The Kier molecular flexibility index (Phi) is 3.76. The molecule has 0 saturated carbocycles. The number of hydrogen-bond acceptors (Lipinski definition) is 2. The summed E-state index contributed by atoms with van der Waals surface area (Å²) in [5.74, 6) is 0.0254. The largest absolute Gasteiger partial charge is 0.350 e. The van der Waals surface area contributed by atoms with Crippen LogP contribution in [-0.2, 0) is 7.05 Å². The Labute approximate surface area is 109 Å². The number of carbonyl (C=O) groups excluding carboxylic acids is 1. The van der Waals surface area contributed by atoms with Crippen molar-refractivity contribution in [3.63, 3.8) is 0 Å². The third kappa shape index (κ3) is 2.75. The third-order valence-electron chi connectivity index (χ3n) is 3.97. The van der Waals surface area contributed by atoms with Gasteiger partial charge in [-0.05, 0) is 43.9 Å². The highest BCUT2D eigenvalue weighted by Crippen LogP contribution is 2.24. The minimum atomic E-state index is 0.0254. The van der Waals surface area contributed by atoms with Crippen molar-refractivity contribution in [3.8, 4) is 0 Å². The van der Waals surface area contributed by atoms with Crippen LogP contribution in [0, 0.1) is 12.3 Å². The Bertz CT molecular complexity index is 430. The number of piperidine rings is 1. The minimum absolute atomic E-state index is 0.0254. The molecule has 4 nitrogen and oxygen atoms in total. The Morgan fingerprint density at radius 1 is 1.56 bits per heavy atom. The van der Waals surface area contributed by atoms with Crippen LogP contribution in [0.2, 0.25) is 0 Å². The zero-order chi connectivity index (χ0) is 13.2. The molecule has 1 aliphatic heterocycles. The fourth-order valence-electron chi connectivity index (χ4n) is 2.49. The Balaban J connectivity index is 1.94. The summed E-state index contributed by atoms with van der Waals surface area (Å²) < 4.78 is 1.93. The zero-order valence-electron chi connectivity index (χ0n) is 11.5. The average molecular weight is 249 g/mol. The van der Waals surface area contributed by atoms with Gasteiger partial charge in [0, 0.05) is 25.8 Å². The molecule has 0 radical (unpaired) electrons. The average Bonchev–Trinajstić information content (AvgIpc) is 2.68. The van der Waals surface area contributed by atoms with Gasteiger partial charge in [-0.25, -0.2) is 0 Å². The van der Waals surface area contributed by atoms with Gasteiger partial charge in [0.15, 0.2) is 0 Å². The molecule has 1 unspecified atom stereocenters. The van der Waals surface area contributed by atoms with Gasteiger partial charge in [0.2, 0.25) is 0 Å². The number of nitrogens with zero attached hydrogens (tertiary/aromatic N) is 1. The first-order valence-corrected chi connectivity index (χ1v) is 6.63. The number of rotatable bonds is 3. The van der Waals surface area contributed by atoms with E-state index < -0.39 is 0 Å². The van der Waals surface area contributed by atoms with E-state index in [4.69, 9.17) is 0 Å². The van der Waals surface area contributed by atoms with E-state index in [0.29, 0.717) is 0 Å². The summed E-state index contributed by atoms with van der Waals surface area (Å²) in [7, 11) is 1.92. The van der Waals surface area contributed by atoms with E-state index in [1.165, 1.54) is 12.8 Å². The maximum absolute atomic E-state index is 12.1.